The second-order valence-electron chi connectivity index (χ2n) is 0.100. The van der Waals surface area contributed by atoms with Gasteiger partial charge in [0.25, 0.3) is 0 Å². The Kier molecular flexibility index (Phi) is 20.0. The summed E-state index contributed by atoms with van der Waals surface area (Å²) in [5.41, 5.74) is 0. The molecule has 1 radical (unpaired) electrons. The average molecular weight is 98.2 g/mol. The van der Waals surface area contributed by atoms with E-state index in [0.717, 1.165) is 0 Å². The van der Waals surface area contributed by atoms with Crippen LogP contribution in [0.25, 0.3) is 0 Å². The Hall–Kier alpha value is 1.48. The van der Waals surface area contributed by atoms with E-state index in [4.69, 9.17) is 5.26 Å². The van der Waals surface area contributed by atoms with Gasteiger partial charge in [-0.05, 0) is 0 Å². The summed E-state index contributed by atoms with van der Waals surface area (Å²) in [6.45, 7) is 0. The van der Waals surface area contributed by atoms with E-state index < -0.39 is 0 Å². The van der Waals surface area contributed by atoms with E-state index in [1.807, 2.05) is 0 Å². The molecule has 0 aliphatic heterocycles. The molecule has 0 unspecified atom stereocenters. The summed E-state index contributed by atoms with van der Waals surface area (Å²) in [4.78, 5) is 0. The molecule has 0 aliphatic carbocycles. The molecule has 0 saturated heterocycles. The summed E-state index contributed by atoms with van der Waals surface area (Å²) in [5.74, 6) is 0. The fraction of sp³-hybridized carbons (Fsp3) is 0. The largest absolute Gasteiger partial charge is 0.185 e. The fourth-order valence-electron chi connectivity index (χ4n) is 0. The molecule has 1 nitrogen and oxygen atoms in total. The Labute approximate surface area is 73.2 Å². The molecule has 0 spiro atoms. The molecule has 0 bridgehead atoms. The van der Waals surface area contributed by atoms with E-state index in [9.17, 15) is 0 Å². The summed E-state index contributed by atoms with van der Waals surface area (Å²) < 4.78 is 0. The van der Waals surface area contributed by atoms with Crippen LogP contribution in [0.5, 0.6) is 0 Å². The van der Waals surface area contributed by atoms with Gasteiger partial charge in [-0.25, -0.2) is 0 Å². The van der Waals surface area contributed by atoms with Crippen LogP contribution >= 0.6 is 12.6 Å². The third-order valence-electron chi connectivity index (χ3n) is 0. The summed E-state index contributed by atoms with van der Waals surface area (Å²) in [5, 5.41) is 8.63. The van der Waals surface area contributed by atoms with Gasteiger partial charge in [-0.3, -0.25) is 0 Å². The van der Waals surface area contributed by atoms with Crippen molar-refractivity contribution < 1.29 is 0 Å². The van der Waals surface area contributed by atoms with Crippen LogP contribution in [0.1, 0.15) is 0 Å². The number of hydrogen-bond acceptors (Lipinski definition) is 2. The molecule has 4 heavy (non-hydrogen) atoms. The molecule has 0 fully saturated rings. The van der Waals surface area contributed by atoms with Crippen LogP contribution in [0.15, 0.2) is 0 Å². The maximum Gasteiger partial charge on any atom is 0.130 e. The number of hydrogen-bond donors (Lipinski definition) is 1. The molecule has 3 heteroatoms. The molecule has 0 rings (SSSR count). The van der Waals surface area contributed by atoms with E-state index in [1.54, 1.807) is 0 Å². The van der Waals surface area contributed by atoms with Crippen molar-refractivity contribution in [3.05, 3.63) is 0 Å². The van der Waals surface area contributed by atoms with Crippen molar-refractivity contribution in [2.45, 2.75) is 0 Å². The van der Waals surface area contributed by atoms with Crippen LogP contribution < -0.4 is 0 Å². The zero-order valence-corrected chi connectivity index (χ0v) is 6.41. The molecule has 0 aromatic carbocycles. The SMILES string of the molecule is N#CS.[K]. The van der Waals surface area contributed by atoms with Gasteiger partial charge in [0.2, 0.25) is 0 Å². The first-order valence-corrected chi connectivity index (χ1v) is 0.894. The first kappa shape index (κ1) is 9.08. The van der Waals surface area contributed by atoms with Crippen molar-refractivity contribution in [1.29, 1.82) is 5.26 Å². The summed E-state index contributed by atoms with van der Waals surface area (Å²) in [6, 6.07) is 0. The minimum absolute atomic E-state index is 0. The normalized spacial score (nSPS) is 2.00. The molecule has 0 N–H and O–H groups in total. The Morgan fingerprint density at radius 3 is 1.75 bits per heavy atom. The predicted octanol–water partition coefficient (Wildman–Crippen LogP) is 0.0165. The molecule has 0 aromatic heterocycles. The van der Waals surface area contributed by atoms with E-state index >= 15 is 0 Å². The quantitative estimate of drug-likeness (QED) is 0.258. The van der Waals surface area contributed by atoms with Gasteiger partial charge in [0.05, 0.1) is 0 Å². The van der Waals surface area contributed by atoms with Crippen molar-refractivity contribution in [2.24, 2.45) is 0 Å². The third kappa shape index (κ3) is 9.78. The second-order valence-corrected chi connectivity index (χ2v) is 0.300. The van der Waals surface area contributed by atoms with Crippen molar-refractivity contribution in [3.8, 4) is 5.40 Å². The number of thiocyanates is 1. The Bertz CT molecular complexity index is 29.5. The van der Waals surface area contributed by atoms with E-state index in [0.29, 0.717) is 0 Å². The zero-order chi connectivity index (χ0) is 2.71. The number of nitrogens with zero attached hydrogens (tertiary/aromatic N) is 1. The van der Waals surface area contributed by atoms with Gasteiger partial charge in [0.15, 0.2) is 0 Å². The number of nitriles is 1. The Morgan fingerprint density at radius 2 is 1.75 bits per heavy atom. The summed E-state index contributed by atoms with van der Waals surface area (Å²) >= 11 is 3.09. The molecule has 17 valence electrons. The van der Waals surface area contributed by atoms with Gasteiger partial charge in [0, 0.05) is 51.4 Å². The minimum atomic E-state index is 0. The van der Waals surface area contributed by atoms with Gasteiger partial charge in [0.1, 0.15) is 5.40 Å². The van der Waals surface area contributed by atoms with Crippen LogP contribution in [0.4, 0.5) is 0 Å². The van der Waals surface area contributed by atoms with E-state index in [-0.39, 0.29) is 51.4 Å². The maximum atomic E-state index is 7.18. The molecule has 0 saturated carbocycles. The number of rotatable bonds is 0. The molecular weight excluding hydrogens is 97.2 g/mol. The van der Waals surface area contributed by atoms with Crippen LogP contribution in [-0.2, 0) is 0 Å². The van der Waals surface area contributed by atoms with E-state index in [2.05, 4.69) is 12.6 Å². The summed E-state index contributed by atoms with van der Waals surface area (Å²) in [6.07, 6.45) is 0. The Morgan fingerprint density at radius 1 is 1.75 bits per heavy atom. The van der Waals surface area contributed by atoms with Crippen LogP contribution in [0.3, 0.4) is 0 Å². The van der Waals surface area contributed by atoms with Crippen LogP contribution in [0, 0.1) is 10.7 Å². The van der Waals surface area contributed by atoms with Gasteiger partial charge in [-0.1, -0.05) is 12.6 Å². The van der Waals surface area contributed by atoms with Gasteiger partial charge >= 0.3 is 0 Å². The first-order valence-electron chi connectivity index (χ1n) is 0.447. The van der Waals surface area contributed by atoms with Gasteiger partial charge in [-0.2, -0.15) is 5.26 Å². The van der Waals surface area contributed by atoms with Crippen molar-refractivity contribution in [3.63, 3.8) is 0 Å². The summed E-state index contributed by atoms with van der Waals surface area (Å²) in [7, 11) is 0. The van der Waals surface area contributed by atoms with Crippen LogP contribution in [-0.4, -0.2) is 51.4 Å². The number of thiol groups is 1. The predicted molar refractivity (Wildman–Crippen MR) is 20.4 cm³/mol. The maximum absolute atomic E-state index is 7.18. The molecular formula is CHKNS. The van der Waals surface area contributed by atoms with Crippen LogP contribution in [0.2, 0.25) is 0 Å². The van der Waals surface area contributed by atoms with Crippen molar-refractivity contribution in [1.82, 2.24) is 0 Å². The van der Waals surface area contributed by atoms with Crippen molar-refractivity contribution >= 4 is 64.0 Å². The Balaban J connectivity index is 0. The topological polar surface area (TPSA) is 23.8 Å². The average Bonchev–Trinajstić information content (AvgIpc) is 0.918. The molecule has 0 aromatic rings. The molecule has 0 aliphatic rings. The van der Waals surface area contributed by atoms with Gasteiger partial charge < -0.3 is 0 Å². The van der Waals surface area contributed by atoms with Crippen molar-refractivity contribution in [2.75, 3.05) is 0 Å². The smallest absolute Gasteiger partial charge is 0.130 e. The first-order chi connectivity index (χ1) is 1.41. The minimum Gasteiger partial charge on any atom is -0.185 e. The van der Waals surface area contributed by atoms with E-state index in [1.165, 1.54) is 5.40 Å². The monoisotopic (exact) mass is 97.9 g/mol. The van der Waals surface area contributed by atoms with Gasteiger partial charge in [-0.15, -0.1) is 0 Å². The zero-order valence-electron chi connectivity index (χ0n) is 2.39. The third-order valence-corrected chi connectivity index (χ3v) is 0. The second kappa shape index (κ2) is 8.82. The standard InChI is InChI=1S/CHNS.K/c2-1-3;/h3H;. The molecule has 0 atom stereocenters. The fourth-order valence-corrected chi connectivity index (χ4v) is 0. The molecule has 0 heterocycles. The molecule has 0 amide bonds.